The molecule has 0 radical (unpaired) electrons. The normalized spacial score (nSPS) is 17.2. The summed E-state index contributed by atoms with van der Waals surface area (Å²) in [5, 5.41) is 14.9. The monoisotopic (exact) mass is 352 g/mol. The van der Waals surface area contributed by atoms with Crippen LogP contribution in [0.4, 0.5) is 0 Å². The molecule has 0 bridgehead atoms. The molecule has 0 saturated heterocycles. The summed E-state index contributed by atoms with van der Waals surface area (Å²) in [6.07, 6.45) is -0.0618. The van der Waals surface area contributed by atoms with Gasteiger partial charge in [0.2, 0.25) is 0 Å². The summed E-state index contributed by atoms with van der Waals surface area (Å²) in [5.41, 5.74) is -2.52. The highest BCUT2D eigenvalue weighted by Gasteiger charge is 2.58. The van der Waals surface area contributed by atoms with E-state index in [0.29, 0.717) is 11.8 Å². The number of carbonyl (C=O) groups is 2. The molecule has 6 N–H and O–H groups in total. The van der Waals surface area contributed by atoms with Crippen molar-refractivity contribution in [3.05, 3.63) is 0 Å². The lowest BCUT2D eigenvalue weighted by atomic mass is 10.0. The molecule has 0 amide bonds. The Hall–Kier alpha value is -0.410. The second-order valence-electron chi connectivity index (χ2n) is 3.96. The second-order valence-corrected chi connectivity index (χ2v) is 8.57. The lowest BCUT2D eigenvalue weighted by Gasteiger charge is -2.31. The lowest BCUT2D eigenvalue weighted by molar-refractivity contribution is -0.141. The van der Waals surface area contributed by atoms with E-state index < -0.39 is 50.1 Å². The van der Waals surface area contributed by atoms with Crippen molar-refractivity contribution in [2.45, 2.75) is 17.2 Å². The highest BCUT2D eigenvalue weighted by molar-refractivity contribution is 7.99. The molecule has 118 valence electrons. The van der Waals surface area contributed by atoms with Crippen LogP contribution in [0.5, 0.6) is 0 Å². The van der Waals surface area contributed by atoms with Gasteiger partial charge in [0, 0.05) is 12.2 Å². The Kier molecular flexibility index (Phi) is 6.43. The van der Waals surface area contributed by atoms with E-state index in [1.165, 1.54) is 6.26 Å². The maximum absolute atomic E-state index is 11.4. The van der Waals surface area contributed by atoms with Gasteiger partial charge in [-0.1, -0.05) is 0 Å². The second kappa shape index (κ2) is 6.57. The Morgan fingerprint density at radius 2 is 1.60 bits per heavy atom. The van der Waals surface area contributed by atoms with Crippen LogP contribution in [0.25, 0.3) is 0 Å². The molecule has 10 nitrogen and oxygen atoms in total. The third-order valence-electron chi connectivity index (χ3n) is 2.56. The number of carboxylic acids is 2. The molecule has 13 heteroatoms. The van der Waals surface area contributed by atoms with Gasteiger partial charge in [-0.05, 0) is 6.26 Å². The Bertz CT molecular complexity index is 480. The molecule has 2 unspecified atom stereocenters. The summed E-state index contributed by atoms with van der Waals surface area (Å²) in [5.74, 6) is -4.74. The molecule has 0 aromatic heterocycles. The first kappa shape index (κ1) is 19.6. The van der Waals surface area contributed by atoms with Crippen LogP contribution in [0.2, 0.25) is 0 Å². The van der Waals surface area contributed by atoms with Gasteiger partial charge in [-0.3, -0.25) is 18.7 Å². The summed E-state index contributed by atoms with van der Waals surface area (Å²) in [7, 11) is -10.6. The van der Waals surface area contributed by atoms with Crippen molar-refractivity contribution >= 4 is 38.9 Å². The third kappa shape index (κ3) is 4.29. The Morgan fingerprint density at radius 3 is 1.80 bits per heavy atom. The van der Waals surface area contributed by atoms with Crippen LogP contribution in [0.1, 0.15) is 6.42 Å². The van der Waals surface area contributed by atoms with E-state index in [1.54, 1.807) is 0 Å². The fourth-order valence-electron chi connectivity index (χ4n) is 1.44. The van der Waals surface area contributed by atoms with Gasteiger partial charge >= 0.3 is 27.1 Å². The molecule has 20 heavy (non-hydrogen) atoms. The average Bonchev–Trinajstić information content (AvgIpc) is 2.19. The standard InChI is InChI=1S/C7H14O10P2S/c1-20-3-7(6(10)11,19(15,16)17)2-4(5(8)9)18(12,13)14/h4H,2-3H2,1H3,(H,8,9)(H,10,11)(H2,12,13,14)(H2,15,16,17). The molecule has 0 aliphatic heterocycles. The zero-order valence-electron chi connectivity index (χ0n) is 10.1. The molecule has 0 aliphatic carbocycles. The third-order valence-corrected chi connectivity index (χ3v) is 6.42. The van der Waals surface area contributed by atoms with Crippen molar-refractivity contribution < 1.29 is 48.5 Å². The minimum absolute atomic E-state index is 0.698. The molecular formula is C7H14O10P2S. The van der Waals surface area contributed by atoms with Gasteiger partial charge in [0.25, 0.3) is 0 Å². The van der Waals surface area contributed by atoms with Gasteiger partial charge in [0.05, 0.1) is 0 Å². The Labute approximate surface area is 117 Å². The fourth-order valence-corrected chi connectivity index (χ4v) is 4.87. The highest BCUT2D eigenvalue weighted by atomic mass is 32.2. The largest absolute Gasteiger partial charge is 0.481 e. The molecule has 2 atom stereocenters. The van der Waals surface area contributed by atoms with Crippen LogP contribution in [0.3, 0.4) is 0 Å². The first-order valence-corrected chi connectivity index (χ1v) is 9.54. The summed E-state index contributed by atoms with van der Waals surface area (Å²) in [6, 6.07) is 0. The van der Waals surface area contributed by atoms with Crippen LogP contribution in [0, 0.1) is 0 Å². The number of hydrogen-bond acceptors (Lipinski definition) is 5. The van der Waals surface area contributed by atoms with Crippen LogP contribution < -0.4 is 0 Å². The van der Waals surface area contributed by atoms with Crippen molar-refractivity contribution in [1.82, 2.24) is 0 Å². The van der Waals surface area contributed by atoms with Gasteiger partial charge < -0.3 is 29.8 Å². The molecule has 0 aliphatic rings. The highest BCUT2D eigenvalue weighted by Crippen LogP contribution is 2.58. The zero-order chi connectivity index (χ0) is 16.4. The predicted octanol–water partition coefficient (Wildman–Crippen LogP) is -0.629. The number of rotatable bonds is 8. The lowest BCUT2D eigenvalue weighted by Crippen LogP contribution is -2.45. The fraction of sp³-hybridized carbons (Fsp3) is 0.714. The summed E-state index contributed by atoms with van der Waals surface area (Å²) in [4.78, 5) is 58.2. The molecule has 0 aromatic rings. The summed E-state index contributed by atoms with van der Waals surface area (Å²) < 4.78 is 22.5. The van der Waals surface area contributed by atoms with E-state index in [9.17, 15) is 28.5 Å². The quantitative estimate of drug-likeness (QED) is 0.305. The van der Waals surface area contributed by atoms with E-state index in [1.807, 2.05) is 0 Å². The maximum atomic E-state index is 11.4. The predicted molar refractivity (Wildman–Crippen MR) is 68.9 cm³/mol. The van der Waals surface area contributed by atoms with Crippen LogP contribution in [-0.2, 0) is 18.7 Å². The van der Waals surface area contributed by atoms with E-state index in [-0.39, 0.29) is 0 Å². The number of thioether (sulfide) groups is 1. The van der Waals surface area contributed by atoms with Crippen LogP contribution in [0.15, 0.2) is 0 Å². The first-order chi connectivity index (χ1) is 8.79. The Balaban J connectivity index is 5.91. The minimum Gasteiger partial charge on any atom is -0.481 e. The molecule has 0 heterocycles. The maximum Gasteiger partial charge on any atom is 0.343 e. The number of carboxylic acid groups (broad SMARTS) is 2. The smallest absolute Gasteiger partial charge is 0.343 e. The average molecular weight is 352 g/mol. The van der Waals surface area contributed by atoms with Crippen molar-refractivity contribution in [3.8, 4) is 0 Å². The molecular weight excluding hydrogens is 338 g/mol. The minimum atomic E-state index is -5.37. The molecule has 0 aromatic carbocycles. The first-order valence-electron chi connectivity index (χ1n) is 4.85. The summed E-state index contributed by atoms with van der Waals surface area (Å²) >= 11 is 0.709. The van der Waals surface area contributed by atoms with Crippen LogP contribution >= 0.6 is 27.0 Å². The van der Waals surface area contributed by atoms with Gasteiger partial charge in [-0.15, -0.1) is 0 Å². The van der Waals surface area contributed by atoms with Gasteiger partial charge in [-0.25, -0.2) is 0 Å². The van der Waals surface area contributed by atoms with Gasteiger partial charge in [0.15, 0.2) is 10.8 Å². The van der Waals surface area contributed by atoms with E-state index in [0.717, 1.165) is 0 Å². The van der Waals surface area contributed by atoms with E-state index in [4.69, 9.17) is 20.0 Å². The van der Waals surface area contributed by atoms with Crippen molar-refractivity contribution in [3.63, 3.8) is 0 Å². The van der Waals surface area contributed by atoms with E-state index in [2.05, 4.69) is 0 Å². The SMILES string of the molecule is CSCC(CC(C(=O)O)P(=O)(O)O)(C(=O)O)P(=O)(O)O. The molecule has 0 spiro atoms. The van der Waals surface area contributed by atoms with Crippen molar-refractivity contribution in [2.24, 2.45) is 0 Å². The Morgan fingerprint density at radius 1 is 1.15 bits per heavy atom. The van der Waals surface area contributed by atoms with Gasteiger partial charge in [-0.2, -0.15) is 11.8 Å². The number of hydrogen-bond donors (Lipinski definition) is 6. The molecule has 0 saturated carbocycles. The van der Waals surface area contributed by atoms with E-state index >= 15 is 0 Å². The topological polar surface area (TPSA) is 190 Å². The number of aliphatic carboxylic acids is 2. The molecule has 0 rings (SSSR count). The van der Waals surface area contributed by atoms with Gasteiger partial charge in [0.1, 0.15) is 0 Å². The summed E-state index contributed by atoms with van der Waals surface area (Å²) in [6.45, 7) is 0. The van der Waals surface area contributed by atoms with Crippen molar-refractivity contribution in [2.75, 3.05) is 12.0 Å². The van der Waals surface area contributed by atoms with Crippen molar-refractivity contribution in [1.29, 1.82) is 0 Å². The molecule has 0 fully saturated rings. The zero-order valence-corrected chi connectivity index (χ0v) is 12.7. The van der Waals surface area contributed by atoms with Crippen LogP contribution in [-0.4, -0.2) is 64.5 Å².